The van der Waals surface area contributed by atoms with E-state index in [2.05, 4.69) is 141 Å². The van der Waals surface area contributed by atoms with Gasteiger partial charge >= 0.3 is 0 Å². The molecule has 6 aromatic carbocycles. The van der Waals surface area contributed by atoms with Gasteiger partial charge in [0.25, 0.3) is 0 Å². The second-order valence-electron chi connectivity index (χ2n) is 12.4. The number of rotatable bonds is 3. The minimum Gasteiger partial charge on any atom is -0.457 e. The molecule has 11 aromatic rings. The molecule has 5 aromatic heterocycles. The highest BCUT2D eigenvalue weighted by Gasteiger charge is 2.18. The third-order valence-electron chi connectivity index (χ3n) is 9.79. The summed E-state index contributed by atoms with van der Waals surface area (Å²) in [5, 5.41) is 9.16. The Morgan fingerprint density at radius 1 is 0.396 bits per heavy atom. The Kier molecular flexibility index (Phi) is 5.02. The molecule has 6 heteroatoms. The van der Waals surface area contributed by atoms with Crippen LogP contribution in [-0.4, -0.2) is 23.3 Å². The SMILES string of the molecule is c1ccc(-n2c3ccccc3c3cc4c(cc32)c2ccc(Oc3ccc5c6ccccc6n6ccnc6c5c3)cc2c2nccn42)cc1. The van der Waals surface area contributed by atoms with Gasteiger partial charge in [-0.1, -0.05) is 54.6 Å². The van der Waals surface area contributed by atoms with Crippen molar-refractivity contribution in [2.75, 3.05) is 0 Å². The zero-order valence-electron chi connectivity index (χ0n) is 25.6. The zero-order valence-corrected chi connectivity index (χ0v) is 25.6. The summed E-state index contributed by atoms with van der Waals surface area (Å²) in [7, 11) is 0. The van der Waals surface area contributed by atoms with Crippen molar-refractivity contribution in [3.8, 4) is 17.2 Å². The number of nitrogens with zero attached hydrogens (tertiary/aromatic N) is 5. The van der Waals surface area contributed by atoms with Crippen LogP contribution in [0.5, 0.6) is 11.5 Å². The van der Waals surface area contributed by atoms with Crippen molar-refractivity contribution in [3.63, 3.8) is 0 Å². The van der Waals surface area contributed by atoms with Gasteiger partial charge in [0.05, 0.1) is 22.1 Å². The maximum absolute atomic E-state index is 6.58. The fourth-order valence-electron chi connectivity index (χ4n) is 7.73. The Labute approximate surface area is 273 Å². The van der Waals surface area contributed by atoms with Gasteiger partial charge in [-0.2, -0.15) is 0 Å². The van der Waals surface area contributed by atoms with E-state index in [9.17, 15) is 0 Å². The molecule has 11 rings (SSSR count). The number of aromatic nitrogens is 5. The summed E-state index contributed by atoms with van der Waals surface area (Å²) in [5.74, 6) is 1.52. The van der Waals surface area contributed by atoms with Crippen molar-refractivity contribution in [1.29, 1.82) is 0 Å². The largest absolute Gasteiger partial charge is 0.457 e. The number of hydrogen-bond acceptors (Lipinski definition) is 3. The lowest BCUT2D eigenvalue weighted by Crippen LogP contribution is -1.95. The Morgan fingerprint density at radius 3 is 1.65 bits per heavy atom. The molecule has 5 heterocycles. The average molecular weight is 616 g/mol. The van der Waals surface area contributed by atoms with Crippen LogP contribution in [0.1, 0.15) is 0 Å². The predicted molar refractivity (Wildman–Crippen MR) is 195 cm³/mol. The molecule has 0 saturated carbocycles. The van der Waals surface area contributed by atoms with Gasteiger partial charge in [-0.05, 0) is 83.6 Å². The van der Waals surface area contributed by atoms with E-state index < -0.39 is 0 Å². The van der Waals surface area contributed by atoms with Gasteiger partial charge in [0, 0.05) is 62.8 Å². The molecule has 0 radical (unpaired) electrons. The minimum absolute atomic E-state index is 0.755. The van der Waals surface area contributed by atoms with E-state index in [1.165, 1.54) is 27.2 Å². The van der Waals surface area contributed by atoms with E-state index in [1.54, 1.807) is 0 Å². The smallest absolute Gasteiger partial charge is 0.145 e. The number of imidazole rings is 2. The highest BCUT2D eigenvalue weighted by Crippen LogP contribution is 2.40. The summed E-state index contributed by atoms with van der Waals surface area (Å²) >= 11 is 0. The molecular formula is C42H25N5O. The quantitative estimate of drug-likeness (QED) is 0.186. The first-order chi connectivity index (χ1) is 23.8. The van der Waals surface area contributed by atoms with Crippen LogP contribution < -0.4 is 4.74 Å². The lowest BCUT2D eigenvalue weighted by molar-refractivity contribution is 0.484. The molecular weight excluding hydrogens is 590 g/mol. The molecule has 6 nitrogen and oxygen atoms in total. The topological polar surface area (TPSA) is 48.8 Å². The van der Waals surface area contributed by atoms with Crippen molar-refractivity contribution < 1.29 is 4.74 Å². The van der Waals surface area contributed by atoms with Gasteiger partial charge in [0.2, 0.25) is 0 Å². The predicted octanol–water partition coefficient (Wildman–Crippen LogP) is 10.5. The van der Waals surface area contributed by atoms with Crippen LogP contribution in [0.4, 0.5) is 0 Å². The molecule has 0 fully saturated rings. The van der Waals surface area contributed by atoms with Gasteiger partial charge in [0.15, 0.2) is 0 Å². The highest BCUT2D eigenvalue weighted by atomic mass is 16.5. The van der Waals surface area contributed by atoms with Gasteiger partial charge in [-0.3, -0.25) is 8.80 Å². The third-order valence-corrected chi connectivity index (χ3v) is 9.79. The fraction of sp³-hybridized carbons (Fsp3) is 0. The Morgan fingerprint density at radius 2 is 0.938 bits per heavy atom. The maximum Gasteiger partial charge on any atom is 0.145 e. The Balaban J connectivity index is 1.12. The summed E-state index contributed by atoms with van der Waals surface area (Å²) in [5.41, 5.74) is 7.57. The first-order valence-corrected chi connectivity index (χ1v) is 16.1. The molecule has 0 bridgehead atoms. The van der Waals surface area contributed by atoms with Crippen molar-refractivity contribution in [2.45, 2.75) is 0 Å². The van der Waals surface area contributed by atoms with Crippen molar-refractivity contribution in [2.24, 2.45) is 0 Å². The first kappa shape index (κ1) is 25.5. The summed E-state index contributed by atoms with van der Waals surface area (Å²) in [4.78, 5) is 9.53. The first-order valence-electron chi connectivity index (χ1n) is 16.1. The Bertz CT molecular complexity index is 3100. The fourth-order valence-corrected chi connectivity index (χ4v) is 7.73. The molecule has 0 spiro atoms. The van der Waals surface area contributed by atoms with Crippen LogP contribution in [0.25, 0.3) is 82.1 Å². The van der Waals surface area contributed by atoms with Gasteiger partial charge in [-0.15, -0.1) is 0 Å². The normalized spacial score (nSPS) is 12.2. The molecule has 0 aliphatic rings. The number of benzene rings is 6. The summed E-state index contributed by atoms with van der Waals surface area (Å²) in [6.07, 6.45) is 7.80. The van der Waals surface area contributed by atoms with Gasteiger partial charge in [-0.25, -0.2) is 9.97 Å². The van der Waals surface area contributed by atoms with Crippen molar-refractivity contribution >= 4 is 76.5 Å². The zero-order chi connectivity index (χ0) is 31.3. The van der Waals surface area contributed by atoms with E-state index in [0.717, 1.165) is 66.4 Å². The molecule has 0 atom stereocenters. The number of hydrogen-bond donors (Lipinski definition) is 0. The average Bonchev–Trinajstić information content (AvgIpc) is 3.90. The lowest BCUT2D eigenvalue weighted by Gasteiger charge is -2.13. The maximum atomic E-state index is 6.58. The van der Waals surface area contributed by atoms with E-state index in [-0.39, 0.29) is 0 Å². The van der Waals surface area contributed by atoms with Gasteiger partial charge < -0.3 is 9.30 Å². The van der Waals surface area contributed by atoms with Crippen LogP contribution in [-0.2, 0) is 0 Å². The van der Waals surface area contributed by atoms with E-state index >= 15 is 0 Å². The highest BCUT2D eigenvalue weighted by molar-refractivity contribution is 6.19. The van der Waals surface area contributed by atoms with Crippen molar-refractivity contribution in [1.82, 2.24) is 23.3 Å². The number of pyridine rings is 2. The standard InChI is InChI=1S/C42H25N5O/c1-2-8-26(9-3-1)47-38-13-7-5-11-32(38)34-24-39-33(25-40(34)47)30-17-15-28(23-36(30)42-44-19-21-46(39)42)48-27-14-16-29-31-10-4-6-12-37(31)45-20-18-43-41(45)35(29)22-27/h1-25H. The Hall–Kier alpha value is -6.66. The summed E-state index contributed by atoms with van der Waals surface area (Å²) < 4.78 is 13.3. The molecule has 0 aliphatic carbocycles. The van der Waals surface area contributed by atoms with Crippen LogP contribution in [0, 0.1) is 0 Å². The second kappa shape index (κ2) is 9.44. The molecule has 224 valence electrons. The van der Waals surface area contributed by atoms with E-state index in [4.69, 9.17) is 14.7 Å². The van der Waals surface area contributed by atoms with Crippen molar-refractivity contribution in [3.05, 3.63) is 152 Å². The molecule has 0 unspecified atom stereocenters. The van der Waals surface area contributed by atoms with Crippen LogP contribution in [0.15, 0.2) is 152 Å². The van der Waals surface area contributed by atoms with E-state index in [1.807, 2.05) is 24.7 Å². The third kappa shape index (κ3) is 3.46. The van der Waals surface area contributed by atoms with Crippen LogP contribution in [0.2, 0.25) is 0 Å². The van der Waals surface area contributed by atoms with E-state index in [0.29, 0.717) is 0 Å². The molecule has 48 heavy (non-hydrogen) atoms. The number of ether oxygens (including phenoxy) is 1. The second-order valence-corrected chi connectivity index (χ2v) is 12.4. The monoisotopic (exact) mass is 615 g/mol. The van der Waals surface area contributed by atoms with Crippen LogP contribution in [0.3, 0.4) is 0 Å². The van der Waals surface area contributed by atoms with Gasteiger partial charge in [0.1, 0.15) is 22.8 Å². The number of fused-ring (bicyclic) bond motifs is 15. The molecule has 0 amide bonds. The summed E-state index contributed by atoms with van der Waals surface area (Å²) in [6.45, 7) is 0. The molecule has 0 saturated heterocycles. The van der Waals surface area contributed by atoms with Crippen LogP contribution >= 0.6 is 0 Å². The summed E-state index contributed by atoms with van der Waals surface area (Å²) in [6, 6.07) is 45.0. The molecule has 0 aliphatic heterocycles. The number of para-hydroxylation sites is 3. The molecule has 0 N–H and O–H groups in total. The lowest BCUT2D eigenvalue weighted by atomic mass is 10.0. The minimum atomic E-state index is 0.755.